The van der Waals surface area contributed by atoms with Crippen LogP contribution in [0.5, 0.6) is 0 Å². The minimum absolute atomic E-state index is 0.0948. The van der Waals surface area contributed by atoms with E-state index in [1.165, 1.54) is 0 Å². The Morgan fingerprint density at radius 2 is 1.42 bits per heavy atom. The first kappa shape index (κ1) is 20.8. The molecule has 5 rings (SSSR count). The summed E-state index contributed by atoms with van der Waals surface area (Å²) in [6.45, 7) is 0.119. The number of carbonyl (C=O) groups excluding carboxylic acids is 2. The summed E-state index contributed by atoms with van der Waals surface area (Å²) in [5.41, 5.74) is 5.27. The van der Waals surface area contributed by atoms with Gasteiger partial charge in [-0.2, -0.15) is 0 Å². The molecule has 4 aromatic carbocycles. The van der Waals surface area contributed by atoms with E-state index in [4.69, 9.17) is 4.74 Å². The highest BCUT2D eigenvalue weighted by molar-refractivity contribution is 5.87. The summed E-state index contributed by atoms with van der Waals surface area (Å²) < 4.78 is 5.50. The van der Waals surface area contributed by atoms with Gasteiger partial charge in [-0.1, -0.05) is 91.0 Å². The van der Waals surface area contributed by atoms with Crippen molar-refractivity contribution in [3.8, 4) is 11.1 Å². The van der Waals surface area contributed by atoms with Crippen LogP contribution in [-0.4, -0.2) is 24.7 Å². The highest BCUT2D eigenvalue weighted by Crippen LogP contribution is 2.44. The average molecular weight is 436 g/mol. The van der Waals surface area contributed by atoms with E-state index in [2.05, 4.69) is 17.4 Å². The molecule has 0 heterocycles. The Labute approximate surface area is 191 Å². The van der Waals surface area contributed by atoms with E-state index < -0.39 is 18.1 Å². The predicted octanol–water partition coefficient (Wildman–Crippen LogP) is 4.04. The third-order valence-corrected chi connectivity index (χ3v) is 6.22. The third kappa shape index (κ3) is 4.05. The molecule has 1 N–H and O–H groups in total. The van der Waals surface area contributed by atoms with Crippen LogP contribution in [0, 0.1) is 0 Å². The number of rotatable bonds is 6. The third-order valence-electron chi connectivity index (χ3n) is 6.22. The minimum atomic E-state index is -1.35. The van der Waals surface area contributed by atoms with Gasteiger partial charge in [0.25, 0.3) is 0 Å². The lowest BCUT2D eigenvalue weighted by atomic mass is 9.98. The van der Waals surface area contributed by atoms with Gasteiger partial charge in [-0.05, 0) is 45.0 Å². The highest BCUT2D eigenvalue weighted by Gasteiger charge is 2.29. The number of carboxylic acid groups (broad SMARTS) is 1. The zero-order valence-electron chi connectivity index (χ0n) is 17.9. The summed E-state index contributed by atoms with van der Waals surface area (Å²) in [6, 6.07) is 28.3. The first-order valence-corrected chi connectivity index (χ1v) is 10.9. The van der Waals surface area contributed by atoms with Gasteiger partial charge in [0.1, 0.15) is 6.61 Å². The number of aliphatic carboxylic acids is 1. The molecule has 1 aliphatic rings. The van der Waals surface area contributed by atoms with E-state index in [-0.39, 0.29) is 18.9 Å². The Bertz CT molecular complexity index is 1300. The second-order valence-electron chi connectivity index (χ2n) is 8.18. The predicted molar refractivity (Wildman–Crippen MR) is 125 cm³/mol. The molecule has 0 aliphatic heterocycles. The number of nitrogens with one attached hydrogen (secondary N) is 1. The molecule has 1 aliphatic carbocycles. The summed E-state index contributed by atoms with van der Waals surface area (Å²) in [5.74, 6) is -1.45. The Hall–Kier alpha value is -4.12. The lowest BCUT2D eigenvalue weighted by molar-refractivity contribution is -0.308. The van der Waals surface area contributed by atoms with E-state index in [1.54, 1.807) is 0 Å². The van der Waals surface area contributed by atoms with Crippen molar-refractivity contribution >= 4 is 22.8 Å². The molecule has 0 radical (unpaired) electrons. The van der Waals surface area contributed by atoms with Crippen molar-refractivity contribution in [3.63, 3.8) is 0 Å². The largest absolute Gasteiger partial charge is 0.548 e. The number of hydrogen-bond donors (Lipinski definition) is 1. The maximum absolute atomic E-state index is 12.6. The fraction of sp³-hybridized carbons (Fsp3) is 0.143. The van der Waals surface area contributed by atoms with Gasteiger partial charge < -0.3 is 20.0 Å². The fourth-order valence-electron chi connectivity index (χ4n) is 4.67. The van der Waals surface area contributed by atoms with Gasteiger partial charge >= 0.3 is 6.09 Å². The van der Waals surface area contributed by atoms with Crippen molar-refractivity contribution in [1.29, 1.82) is 0 Å². The molecule has 0 saturated heterocycles. The van der Waals surface area contributed by atoms with Gasteiger partial charge in [0.2, 0.25) is 0 Å². The quantitative estimate of drug-likeness (QED) is 0.495. The summed E-state index contributed by atoms with van der Waals surface area (Å²) in [4.78, 5) is 24.3. The number of carboxylic acids is 1. The van der Waals surface area contributed by atoms with Crippen LogP contribution in [0.1, 0.15) is 22.6 Å². The van der Waals surface area contributed by atoms with Crippen molar-refractivity contribution < 1.29 is 19.4 Å². The molecule has 0 spiro atoms. The minimum Gasteiger partial charge on any atom is -0.548 e. The van der Waals surface area contributed by atoms with Crippen LogP contribution >= 0.6 is 0 Å². The first-order chi connectivity index (χ1) is 16.1. The van der Waals surface area contributed by atoms with Crippen LogP contribution in [0.4, 0.5) is 4.79 Å². The second-order valence-corrected chi connectivity index (χ2v) is 8.18. The fourth-order valence-corrected chi connectivity index (χ4v) is 4.67. The van der Waals surface area contributed by atoms with Crippen LogP contribution in [0.2, 0.25) is 0 Å². The van der Waals surface area contributed by atoms with Crippen molar-refractivity contribution in [1.82, 2.24) is 5.32 Å². The lowest BCUT2D eigenvalue weighted by Crippen LogP contribution is -2.49. The highest BCUT2D eigenvalue weighted by atomic mass is 16.5. The molecular weight excluding hydrogens is 414 g/mol. The Morgan fingerprint density at radius 3 is 2.12 bits per heavy atom. The summed E-state index contributed by atoms with van der Waals surface area (Å²) in [7, 11) is 0. The van der Waals surface area contributed by atoms with Crippen molar-refractivity contribution in [2.24, 2.45) is 0 Å². The first-order valence-electron chi connectivity index (χ1n) is 10.9. The van der Waals surface area contributed by atoms with E-state index >= 15 is 0 Å². The molecule has 1 atom stereocenters. The molecular formula is C28H22NO4-. The van der Waals surface area contributed by atoms with Crippen LogP contribution in [0.25, 0.3) is 21.9 Å². The number of amides is 1. The standard InChI is InChI=1S/C28H23NO4/c30-27(31)26(16-19-10-7-9-18-8-1-2-11-20(18)19)29-28(32)33-17-25-23-14-5-3-12-21(23)22-13-4-6-15-24(22)25/h1-15,25-26H,16-17H2,(H,29,32)(H,30,31)/p-1/t26-/m0/s1. The molecule has 0 saturated carbocycles. The lowest BCUT2D eigenvalue weighted by Gasteiger charge is -2.21. The molecule has 0 fully saturated rings. The van der Waals surface area contributed by atoms with E-state index in [9.17, 15) is 14.7 Å². The smallest absolute Gasteiger partial charge is 0.407 e. The van der Waals surface area contributed by atoms with Crippen LogP contribution in [0.15, 0.2) is 91.0 Å². The SMILES string of the molecule is O=C(N[C@@H](Cc1cccc2ccccc12)C(=O)[O-])OCC1c2ccccc2-c2ccccc21. The Morgan fingerprint density at radius 1 is 0.818 bits per heavy atom. The van der Waals surface area contributed by atoms with E-state index in [0.717, 1.165) is 38.6 Å². The number of benzene rings is 4. The summed E-state index contributed by atoms with van der Waals surface area (Å²) >= 11 is 0. The number of fused-ring (bicyclic) bond motifs is 4. The second kappa shape index (κ2) is 8.79. The van der Waals surface area contributed by atoms with Crippen molar-refractivity contribution in [2.75, 3.05) is 6.61 Å². The monoisotopic (exact) mass is 436 g/mol. The molecule has 33 heavy (non-hydrogen) atoms. The molecule has 5 heteroatoms. The number of ether oxygens (including phenoxy) is 1. The van der Waals surface area contributed by atoms with Crippen molar-refractivity contribution in [3.05, 3.63) is 108 Å². The zero-order valence-corrected chi connectivity index (χ0v) is 17.9. The molecule has 5 nitrogen and oxygen atoms in total. The average Bonchev–Trinajstić information content (AvgIpc) is 3.16. The van der Waals surface area contributed by atoms with Gasteiger partial charge in [0, 0.05) is 5.92 Å². The zero-order chi connectivity index (χ0) is 22.8. The normalized spacial score (nSPS) is 13.2. The number of carbonyl (C=O) groups is 2. The molecule has 4 aromatic rings. The summed E-state index contributed by atoms with van der Waals surface area (Å²) in [6.07, 6.45) is -0.667. The van der Waals surface area contributed by atoms with Gasteiger partial charge in [0.15, 0.2) is 0 Å². The molecule has 0 unspecified atom stereocenters. The van der Waals surface area contributed by atoms with E-state index in [1.807, 2.05) is 78.9 Å². The maximum Gasteiger partial charge on any atom is 0.407 e. The van der Waals surface area contributed by atoms with Crippen LogP contribution < -0.4 is 10.4 Å². The van der Waals surface area contributed by atoms with Crippen molar-refractivity contribution in [2.45, 2.75) is 18.4 Å². The van der Waals surface area contributed by atoms with Gasteiger partial charge in [-0.25, -0.2) is 4.79 Å². The Kier molecular flexibility index (Phi) is 5.53. The van der Waals surface area contributed by atoms with Gasteiger partial charge in [-0.3, -0.25) is 0 Å². The molecule has 164 valence electrons. The van der Waals surface area contributed by atoms with Gasteiger partial charge in [0.05, 0.1) is 12.0 Å². The molecule has 1 amide bonds. The number of alkyl carbamates (subject to hydrolysis) is 1. The van der Waals surface area contributed by atoms with Crippen LogP contribution in [0.3, 0.4) is 0 Å². The van der Waals surface area contributed by atoms with Gasteiger partial charge in [-0.15, -0.1) is 0 Å². The molecule has 0 bridgehead atoms. The number of hydrogen-bond acceptors (Lipinski definition) is 4. The van der Waals surface area contributed by atoms with Crippen LogP contribution in [-0.2, 0) is 16.0 Å². The topological polar surface area (TPSA) is 78.5 Å². The summed E-state index contributed by atoms with van der Waals surface area (Å²) in [5, 5.41) is 16.2. The van der Waals surface area contributed by atoms with E-state index in [0.29, 0.717) is 0 Å². The maximum atomic E-state index is 12.6. The molecule has 0 aromatic heterocycles. The Balaban J connectivity index is 1.29.